The molecule has 0 saturated carbocycles. The molecule has 0 aliphatic rings. The summed E-state index contributed by atoms with van der Waals surface area (Å²) < 4.78 is 1.82. The van der Waals surface area contributed by atoms with Crippen LogP contribution in [0, 0.1) is 5.92 Å². The van der Waals surface area contributed by atoms with Crippen LogP contribution in [0.3, 0.4) is 0 Å². The normalized spacial score (nSPS) is 10.7. The molecular formula is C17H21ClN4O2. The van der Waals surface area contributed by atoms with Crippen LogP contribution in [0.25, 0.3) is 0 Å². The van der Waals surface area contributed by atoms with Gasteiger partial charge in [0.25, 0.3) is 5.91 Å². The van der Waals surface area contributed by atoms with E-state index >= 15 is 0 Å². The van der Waals surface area contributed by atoms with E-state index in [4.69, 9.17) is 11.6 Å². The molecule has 2 rings (SSSR count). The summed E-state index contributed by atoms with van der Waals surface area (Å²) in [5, 5.41) is 5.88. The Bertz CT molecular complexity index is 740. The van der Waals surface area contributed by atoms with Gasteiger partial charge in [-0.2, -0.15) is 0 Å². The fourth-order valence-electron chi connectivity index (χ4n) is 2.18. The van der Waals surface area contributed by atoms with Gasteiger partial charge in [-0.05, 0) is 24.1 Å². The molecule has 2 N–H and O–H groups in total. The molecule has 0 spiro atoms. The highest BCUT2D eigenvalue weighted by Crippen LogP contribution is 2.21. The number of anilines is 1. The Labute approximate surface area is 146 Å². The zero-order valence-corrected chi connectivity index (χ0v) is 14.7. The fraction of sp³-hybridized carbons (Fsp3) is 0.353. The zero-order chi connectivity index (χ0) is 17.7. The Balaban J connectivity index is 2.05. The number of nitrogens with one attached hydrogen (secondary N) is 2. The monoisotopic (exact) mass is 348 g/mol. The van der Waals surface area contributed by atoms with Crippen molar-refractivity contribution in [3.05, 3.63) is 47.0 Å². The van der Waals surface area contributed by atoms with Gasteiger partial charge in [-0.15, -0.1) is 0 Å². The van der Waals surface area contributed by atoms with Gasteiger partial charge in [0.1, 0.15) is 5.82 Å². The first-order valence-electron chi connectivity index (χ1n) is 7.70. The maximum absolute atomic E-state index is 12.3. The average molecular weight is 349 g/mol. The van der Waals surface area contributed by atoms with Gasteiger partial charge in [-0.1, -0.05) is 25.4 Å². The molecule has 1 aromatic carbocycles. The van der Waals surface area contributed by atoms with Crippen LogP contribution in [0.5, 0.6) is 0 Å². The summed E-state index contributed by atoms with van der Waals surface area (Å²) in [5.41, 5.74) is 0.861. The predicted molar refractivity (Wildman–Crippen MR) is 93.9 cm³/mol. The molecule has 0 radical (unpaired) electrons. The van der Waals surface area contributed by atoms with E-state index in [1.54, 1.807) is 30.6 Å². The highest BCUT2D eigenvalue weighted by molar-refractivity contribution is 6.34. The summed E-state index contributed by atoms with van der Waals surface area (Å²) in [5.74, 6) is 0.591. The van der Waals surface area contributed by atoms with Crippen LogP contribution in [0.1, 0.15) is 36.5 Å². The molecular weight excluding hydrogens is 328 g/mol. The number of halogens is 1. The number of imidazole rings is 1. The number of aryl methyl sites for hydroxylation is 1. The molecule has 1 aromatic heterocycles. The number of amides is 2. The van der Waals surface area contributed by atoms with Crippen molar-refractivity contribution in [2.45, 2.75) is 26.8 Å². The molecule has 128 valence electrons. The lowest BCUT2D eigenvalue weighted by molar-refractivity contribution is -0.116. The average Bonchev–Trinajstić information content (AvgIpc) is 2.91. The Morgan fingerprint density at radius 1 is 1.33 bits per heavy atom. The number of benzene rings is 1. The smallest absolute Gasteiger partial charge is 0.253 e. The van der Waals surface area contributed by atoms with Gasteiger partial charge in [0.2, 0.25) is 5.91 Å². The maximum atomic E-state index is 12.3. The first-order valence-corrected chi connectivity index (χ1v) is 8.08. The zero-order valence-electron chi connectivity index (χ0n) is 14.0. The highest BCUT2D eigenvalue weighted by Gasteiger charge is 2.13. The van der Waals surface area contributed by atoms with E-state index in [9.17, 15) is 9.59 Å². The number of rotatable bonds is 6. The molecule has 24 heavy (non-hydrogen) atoms. The van der Waals surface area contributed by atoms with Gasteiger partial charge < -0.3 is 15.2 Å². The molecule has 2 amide bonds. The van der Waals surface area contributed by atoms with Crippen molar-refractivity contribution in [3.8, 4) is 0 Å². The van der Waals surface area contributed by atoms with Crippen molar-refractivity contribution in [2.24, 2.45) is 13.0 Å². The fourth-order valence-corrected chi connectivity index (χ4v) is 2.38. The second-order valence-corrected chi connectivity index (χ2v) is 6.39. The number of carbonyl (C=O) groups excluding carboxylic acids is 2. The van der Waals surface area contributed by atoms with E-state index < -0.39 is 0 Å². The SMILES string of the molecule is CC(C)CC(=O)Nc1ccc(Cl)c(C(=O)NCc2nccn2C)c1. The predicted octanol–water partition coefficient (Wildman–Crippen LogP) is 2.99. The van der Waals surface area contributed by atoms with Crippen molar-refractivity contribution in [3.63, 3.8) is 0 Å². The molecule has 0 atom stereocenters. The Morgan fingerprint density at radius 3 is 2.71 bits per heavy atom. The van der Waals surface area contributed by atoms with Crippen LogP contribution in [0.15, 0.2) is 30.6 Å². The van der Waals surface area contributed by atoms with Crippen LogP contribution in [-0.2, 0) is 18.4 Å². The number of aromatic nitrogens is 2. The summed E-state index contributed by atoms with van der Waals surface area (Å²) in [6.07, 6.45) is 3.89. The van der Waals surface area contributed by atoms with Crippen LogP contribution < -0.4 is 10.6 Å². The van der Waals surface area contributed by atoms with Crippen LogP contribution in [0.2, 0.25) is 5.02 Å². The largest absolute Gasteiger partial charge is 0.345 e. The lowest BCUT2D eigenvalue weighted by atomic mass is 10.1. The van der Waals surface area contributed by atoms with E-state index in [2.05, 4.69) is 15.6 Å². The lowest BCUT2D eigenvalue weighted by Crippen LogP contribution is -2.25. The first-order chi connectivity index (χ1) is 11.4. The van der Waals surface area contributed by atoms with E-state index in [1.807, 2.05) is 25.5 Å². The topological polar surface area (TPSA) is 76.0 Å². The Hall–Kier alpha value is -2.34. The molecule has 0 saturated heterocycles. The molecule has 0 unspecified atom stereocenters. The van der Waals surface area contributed by atoms with Gasteiger partial charge >= 0.3 is 0 Å². The van der Waals surface area contributed by atoms with Gasteiger partial charge in [-0.3, -0.25) is 9.59 Å². The van der Waals surface area contributed by atoms with Crippen molar-refractivity contribution in [2.75, 3.05) is 5.32 Å². The minimum absolute atomic E-state index is 0.0910. The van der Waals surface area contributed by atoms with Crippen molar-refractivity contribution in [1.82, 2.24) is 14.9 Å². The molecule has 6 nitrogen and oxygen atoms in total. The molecule has 0 aliphatic heterocycles. The van der Waals surface area contributed by atoms with Gasteiger partial charge in [0, 0.05) is 31.5 Å². The van der Waals surface area contributed by atoms with Gasteiger partial charge in [0.05, 0.1) is 17.1 Å². The van der Waals surface area contributed by atoms with E-state index in [1.165, 1.54) is 0 Å². The summed E-state index contributed by atoms with van der Waals surface area (Å²) in [4.78, 5) is 28.3. The Morgan fingerprint density at radius 2 is 2.08 bits per heavy atom. The molecule has 0 bridgehead atoms. The van der Waals surface area contributed by atoms with Crippen molar-refractivity contribution in [1.29, 1.82) is 0 Å². The quantitative estimate of drug-likeness (QED) is 0.842. The third kappa shape index (κ3) is 4.83. The standard InChI is InChI=1S/C17H21ClN4O2/c1-11(2)8-16(23)21-12-4-5-14(18)13(9-12)17(24)20-10-15-19-6-7-22(15)3/h4-7,9,11H,8,10H2,1-3H3,(H,20,24)(H,21,23). The van der Waals surface area contributed by atoms with Crippen LogP contribution in [0.4, 0.5) is 5.69 Å². The van der Waals surface area contributed by atoms with E-state index in [0.717, 1.165) is 5.82 Å². The molecule has 0 aliphatic carbocycles. The summed E-state index contributed by atoms with van der Waals surface area (Å²) in [6, 6.07) is 4.85. The lowest BCUT2D eigenvalue weighted by Gasteiger charge is -2.11. The maximum Gasteiger partial charge on any atom is 0.253 e. The molecule has 1 heterocycles. The minimum atomic E-state index is -0.317. The van der Waals surface area contributed by atoms with Gasteiger partial charge in [-0.25, -0.2) is 4.98 Å². The summed E-state index contributed by atoms with van der Waals surface area (Å²) >= 11 is 6.11. The number of nitrogens with zero attached hydrogens (tertiary/aromatic N) is 2. The Kier molecular flexibility index (Phi) is 5.98. The number of carbonyl (C=O) groups is 2. The van der Waals surface area contributed by atoms with E-state index in [-0.39, 0.29) is 17.7 Å². The highest BCUT2D eigenvalue weighted by atomic mass is 35.5. The molecule has 0 fully saturated rings. The number of hydrogen-bond acceptors (Lipinski definition) is 3. The van der Waals surface area contributed by atoms with Crippen molar-refractivity contribution < 1.29 is 9.59 Å². The van der Waals surface area contributed by atoms with Crippen LogP contribution in [-0.4, -0.2) is 21.4 Å². The third-order valence-corrected chi connectivity index (χ3v) is 3.75. The first kappa shape index (κ1) is 18.0. The van der Waals surface area contributed by atoms with Crippen LogP contribution >= 0.6 is 11.6 Å². The van der Waals surface area contributed by atoms with E-state index in [0.29, 0.717) is 29.2 Å². The summed E-state index contributed by atoms with van der Waals surface area (Å²) in [7, 11) is 1.85. The minimum Gasteiger partial charge on any atom is -0.345 e. The van der Waals surface area contributed by atoms with Gasteiger partial charge in [0.15, 0.2) is 0 Å². The summed E-state index contributed by atoms with van der Waals surface area (Å²) in [6.45, 7) is 4.23. The van der Waals surface area contributed by atoms with Crippen molar-refractivity contribution >= 4 is 29.1 Å². The molecule has 7 heteroatoms. The number of hydrogen-bond donors (Lipinski definition) is 2. The third-order valence-electron chi connectivity index (χ3n) is 3.42. The second kappa shape index (κ2) is 7.97. The molecule has 2 aromatic rings. The second-order valence-electron chi connectivity index (χ2n) is 5.98.